The molecule has 0 saturated heterocycles. The van der Waals surface area contributed by atoms with E-state index in [-0.39, 0.29) is 24.7 Å². The molecule has 1 amide bonds. The van der Waals surface area contributed by atoms with Crippen LogP contribution in [0.1, 0.15) is 60.5 Å². The third-order valence-corrected chi connectivity index (χ3v) is 5.47. The van der Waals surface area contributed by atoms with Crippen LogP contribution in [0.25, 0.3) is 0 Å². The number of carbonyl (C=O) groups is 1. The first-order valence-electron chi connectivity index (χ1n) is 10.2. The van der Waals surface area contributed by atoms with E-state index in [9.17, 15) is 4.79 Å². The van der Waals surface area contributed by atoms with Gasteiger partial charge < -0.3 is 10.1 Å². The van der Waals surface area contributed by atoms with Gasteiger partial charge in [0.25, 0.3) is 0 Å². The number of nitrogens with one attached hydrogen (secondary N) is 2. The molecular formula is C23H26N4O2. The maximum absolute atomic E-state index is 12.2. The molecule has 6 heteroatoms. The molecular weight excluding hydrogens is 364 g/mol. The van der Waals surface area contributed by atoms with Gasteiger partial charge in [-0.3, -0.25) is 5.10 Å². The van der Waals surface area contributed by atoms with Crippen molar-refractivity contribution in [1.82, 2.24) is 20.7 Å². The van der Waals surface area contributed by atoms with E-state index in [1.165, 1.54) is 6.42 Å². The highest BCUT2D eigenvalue weighted by Crippen LogP contribution is 2.32. The van der Waals surface area contributed by atoms with Gasteiger partial charge in [-0.05, 0) is 24.0 Å². The number of H-pyrrole nitrogens is 1. The Morgan fingerprint density at radius 3 is 2.24 bits per heavy atom. The zero-order chi connectivity index (χ0) is 19.9. The minimum Gasteiger partial charge on any atom is -0.443 e. The molecule has 2 N–H and O–H groups in total. The maximum atomic E-state index is 12.2. The monoisotopic (exact) mass is 390 g/mol. The summed E-state index contributed by atoms with van der Waals surface area (Å²) < 4.78 is 5.48. The molecule has 1 aliphatic rings. The first-order chi connectivity index (χ1) is 14.3. The van der Waals surface area contributed by atoms with Gasteiger partial charge in [-0.2, -0.15) is 0 Å². The first kappa shape index (κ1) is 19.2. The minimum atomic E-state index is -0.387. The normalized spacial score (nSPS) is 14.7. The van der Waals surface area contributed by atoms with Gasteiger partial charge in [0, 0.05) is 6.04 Å². The summed E-state index contributed by atoms with van der Waals surface area (Å²) in [5, 5.41) is 14.2. The molecule has 0 unspecified atom stereocenters. The van der Waals surface area contributed by atoms with E-state index < -0.39 is 0 Å². The van der Waals surface area contributed by atoms with Crippen molar-refractivity contribution < 1.29 is 9.53 Å². The van der Waals surface area contributed by atoms with Crippen LogP contribution in [0.3, 0.4) is 0 Å². The second-order valence-electron chi connectivity index (χ2n) is 7.48. The molecule has 1 aromatic heterocycles. The average molecular weight is 390 g/mol. The van der Waals surface area contributed by atoms with Crippen LogP contribution in [-0.2, 0) is 11.3 Å². The van der Waals surface area contributed by atoms with E-state index in [2.05, 4.69) is 45.0 Å². The molecule has 6 nitrogen and oxygen atoms in total. The summed E-state index contributed by atoms with van der Waals surface area (Å²) in [6, 6.07) is 20.6. The maximum Gasteiger partial charge on any atom is 0.407 e. The molecule has 0 aliphatic heterocycles. The molecule has 2 aromatic carbocycles. The van der Waals surface area contributed by atoms with E-state index >= 15 is 0 Å². The molecule has 3 aromatic rings. The van der Waals surface area contributed by atoms with Crippen LogP contribution in [0.5, 0.6) is 0 Å². The van der Waals surface area contributed by atoms with Crippen LogP contribution >= 0.6 is 0 Å². The molecule has 0 bridgehead atoms. The number of alkyl carbamates (subject to hydrolysis) is 1. The summed E-state index contributed by atoms with van der Waals surface area (Å²) in [6.07, 6.45) is 5.23. The number of hydrogen-bond acceptors (Lipinski definition) is 4. The van der Waals surface area contributed by atoms with Crippen LogP contribution in [0.15, 0.2) is 60.7 Å². The number of nitrogens with zero attached hydrogens (tertiary/aromatic N) is 2. The zero-order valence-corrected chi connectivity index (χ0v) is 16.4. The van der Waals surface area contributed by atoms with Gasteiger partial charge in [-0.15, -0.1) is 5.10 Å². The van der Waals surface area contributed by atoms with Gasteiger partial charge in [0.15, 0.2) is 0 Å². The smallest absolute Gasteiger partial charge is 0.407 e. The molecule has 1 heterocycles. The van der Waals surface area contributed by atoms with Crippen LogP contribution in [0, 0.1) is 0 Å². The molecule has 29 heavy (non-hydrogen) atoms. The standard InChI is InChI=1S/C23H26N4O2/c28-23(24-19-14-8-3-9-15-19)29-16-20-22(26-27-25-20)21(17-10-4-1-5-11-17)18-12-6-2-7-13-18/h1-2,4-7,10-13,19,21H,3,8-9,14-16H2,(H,24,28)(H,25,26,27). The van der Waals surface area contributed by atoms with Gasteiger partial charge in [-0.25, -0.2) is 4.79 Å². The average Bonchev–Trinajstić information content (AvgIpc) is 3.23. The lowest BCUT2D eigenvalue weighted by Gasteiger charge is -2.22. The van der Waals surface area contributed by atoms with E-state index in [0.29, 0.717) is 5.69 Å². The molecule has 0 atom stereocenters. The van der Waals surface area contributed by atoms with Crippen molar-refractivity contribution in [3.8, 4) is 0 Å². The van der Waals surface area contributed by atoms with Crippen LogP contribution in [0.2, 0.25) is 0 Å². The number of amides is 1. The quantitative estimate of drug-likeness (QED) is 0.647. The second-order valence-corrected chi connectivity index (χ2v) is 7.48. The highest BCUT2D eigenvalue weighted by atomic mass is 16.5. The van der Waals surface area contributed by atoms with Crippen molar-refractivity contribution in [3.05, 3.63) is 83.2 Å². The van der Waals surface area contributed by atoms with E-state index in [1.54, 1.807) is 0 Å². The lowest BCUT2D eigenvalue weighted by Crippen LogP contribution is -2.36. The van der Waals surface area contributed by atoms with Crippen LogP contribution in [-0.4, -0.2) is 27.5 Å². The molecule has 4 rings (SSSR count). The zero-order valence-electron chi connectivity index (χ0n) is 16.4. The highest BCUT2D eigenvalue weighted by Gasteiger charge is 2.24. The van der Waals surface area contributed by atoms with Gasteiger partial charge >= 0.3 is 6.09 Å². The molecule has 1 fully saturated rings. The molecule has 1 saturated carbocycles. The predicted octanol–water partition coefficient (Wildman–Crippen LogP) is 4.54. The number of benzene rings is 2. The Bertz CT molecular complexity index is 865. The van der Waals surface area contributed by atoms with Gasteiger partial charge in [0.05, 0.1) is 11.6 Å². The Labute approximate surface area is 170 Å². The summed E-state index contributed by atoms with van der Waals surface area (Å²) in [4.78, 5) is 12.2. The van der Waals surface area contributed by atoms with Gasteiger partial charge in [0.2, 0.25) is 0 Å². The fraction of sp³-hybridized carbons (Fsp3) is 0.348. The summed E-state index contributed by atoms with van der Waals surface area (Å²) in [5.41, 5.74) is 3.73. The Hall–Kier alpha value is -3.15. The number of ether oxygens (including phenoxy) is 1. The Balaban J connectivity index is 1.50. The van der Waals surface area contributed by atoms with Crippen molar-refractivity contribution in [1.29, 1.82) is 0 Å². The summed E-state index contributed by atoms with van der Waals surface area (Å²) in [6.45, 7) is 0.0839. The number of carbonyl (C=O) groups excluding carboxylic acids is 1. The fourth-order valence-electron chi connectivity index (χ4n) is 4.00. The van der Waals surface area contributed by atoms with Crippen molar-refractivity contribution in [2.75, 3.05) is 0 Å². The lowest BCUT2D eigenvalue weighted by atomic mass is 9.87. The first-order valence-corrected chi connectivity index (χ1v) is 10.2. The number of aromatic amines is 1. The Kier molecular flexibility index (Phi) is 6.19. The number of aromatic nitrogens is 3. The molecule has 1 aliphatic carbocycles. The second kappa shape index (κ2) is 9.37. The Morgan fingerprint density at radius 2 is 1.62 bits per heavy atom. The molecule has 150 valence electrons. The van der Waals surface area contributed by atoms with E-state index in [1.807, 2.05) is 36.4 Å². The van der Waals surface area contributed by atoms with Crippen molar-refractivity contribution in [3.63, 3.8) is 0 Å². The Morgan fingerprint density at radius 1 is 1.00 bits per heavy atom. The van der Waals surface area contributed by atoms with Crippen LogP contribution in [0.4, 0.5) is 4.79 Å². The van der Waals surface area contributed by atoms with Crippen LogP contribution < -0.4 is 5.32 Å². The van der Waals surface area contributed by atoms with Gasteiger partial charge in [-0.1, -0.05) is 85.1 Å². The number of rotatable bonds is 6. The highest BCUT2D eigenvalue weighted by molar-refractivity contribution is 5.67. The SMILES string of the molecule is O=C(NC1CCCCC1)OCc1nn[nH]c1C(c1ccccc1)c1ccccc1. The molecule has 0 radical (unpaired) electrons. The molecule has 0 spiro atoms. The lowest BCUT2D eigenvalue weighted by molar-refractivity contribution is 0.131. The summed E-state index contributed by atoms with van der Waals surface area (Å²) >= 11 is 0. The summed E-state index contributed by atoms with van der Waals surface area (Å²) in [5.74, 6) is -0.0626. The van der Waals surface area contributed by atoms with Crippen molar-refractivity contribution in [2.45, 2.75) is 50.7 Å². The fourth-order valence-corrected chi connectivity index (χ4v) is 4.00. The van der Waals surface area contributed by atoms with E-state index in [4.69, 9.17) is 4.74 Å². The van der Waals surface area contributed by atoms with E-state index in [0.717, 1.165) is 42.5 Å². The topological polar surface area (TPSA) is 79.9 Å². The predicted molar refractivity (Wildman–Crippen MR) is 110 cm³/mol. The number of hydrogen-bond donors (Lipinski definition) is 2. The third kappa shape index (κ3) is 4.83. The largest absolute Gasteiger partial charge is 0.443 e. The third-order valence-electron chi connectivity index (χ3n) is 5.47. The minimum absolute atomic E-state index is 0.0626. The van der Waals surface area contributed by atoms with Gasteiger partial charge in [0.1, 0.15) is 12.3 Å². The van der Waals surface area contributed by atoms with Crippen molar-refractivity contribution >= 4 is 6.09 Å². The summed E-state index contributed by atoms with van der Waals surface area (Å²) in [7, 11) is 0. The van der Waals surface area contributed by atoms with Crippen molar-refractivity contribution in [2.24, 2.45) is 0 Å².